The lowest BCUT2D eigenvalue weighted by molar-refractivity contribution is 0.0618. The Morgan fingerprint density at radius 3 is 2.79 bits per heavy atom. The molecular weight excluding hydrogens is 174 g/mol. The number of benzene rings is 1. The lowest BCUT2D eigenvalue weighted by Crippen LogP contribution is -2.39. The van der Waals surface area contributed by atoms with Crippen LogP contribution in [-0.2, 0) is 4.74 Å². The molecule has 0 amide bonds. The van der Waals surface area contributed by atoms with E-state index in [4.69, 9.17) is 4.74 Å². The van der Waals surface area contributed by atoms with E-state index >= 15 is 0 Å². The average Bonchev–Trinajstić information content (AvgIpc) is 2.30. The van der Waals surface area contributed by atoms with Gasteiger partial charge in [0.05, 0.1) is 6.61 Å². The fourth-order valence-electron chi connectivity index (χ4n) is 2.11. The molecule has 1 N–H and O–H groups in total. The van der Waals surface area contributed by atoms with Crippen molar-refractivity contribution < 1.29 is 4.74 Å². The fraction of sp³-hybridized carbons (Fsp3) is 0.500. The number of ether oxygens (including phenoxy) is 1. The van der Waals surface area contributed by atoms with Crippen LogP contribution in [0.25, 0.3) is 0 Å². The minimum atomic E-state index is 0.509. The van der Waals surface area contributed by atoms with Crippen molar-refractivity contribution in [2.45, 2.75) is 18.4 Å². The Morgan fingerprint density at radius 2 is 2.07 bits per heavy atom. The first kappa shape index (κ1) is 9.69. The lowest BCUT2D eigenvalue weighted by atomic mass is 9.89. The van der Waals surface area contributed by atoms with Gasteiger partial charge >= 0.3 is 0 Å². The van der Waals surface area contributed by atoms with Gasteiger partial charge in [0.15, 0.2) is 0 Å². The summed E-state index contributed by atoms with van der Waals surface area (Å²) < 4.78 is 5.53. The first-order valence-corrected chi connectivity index (χ1v) is 5.22. The molecule has 2 atom stereocenters. The molecule has 1 heterocycles. The molecule has 1 aliphatic heterocycles. The predicted octanol–water partition coefficient (Wildman–Crippen LogP) is 1.78. The summed E-state index contributed by atoms with van der Waals surface area (Å²) in [4.78, 5) is 0. The Hall–Kier alpha value is -0.860. The smallest absolute Gasteiger partial charge is 0.0549 e. The number of hydrogen-bond acceptors (Lipinski definition) is 2. The highest BCUT2D eigenvalue weighted by Crippen LogP contribution is 2.25. The molecule has 0 spiro atoms. The highest BCUT2D eigenvalue weighted by molar-refractivity contribution is 5.21. The van der Waals surface area contributed by atoms with Crippen LogP contribution in [0.15, 0.2) is 30.3 Å². The van der Waals surface area contributed by atoms with Crippen LogP contribution in [0.4, 0.5) is 0 Å². The molecule has 2 unspecified atom stereocenters. The Kier molecular flexibility index (Phi) is 3.17. The molecule has 0 bridgehead atoms. The van der Waals surface area contributed by atoms with E-state index in [0.717, 1.165) is 19.6 Å². The molecule has 2 heteroatoms. The third kappa shape index (κ3) is 1.97. The molecule has 14 heavy (non-hydrogen) atoms. The van der Waals surface area contributed by atoms with Crippen LogP contribution >= 0.6 is 0 Å². The Balaban J connectivity index is 2.15. The zero-order chi connectivity index (χ0) is 9.80. The molecule has 1 fully saturated rings. The van der Waals surface area contributed by atoms with Crippen LogP contribution in [0.1, 0.15) is 17.9 Å². The van der Waals surface area contributed by atoms with Crippen LogP contribution in [0.5, 0.6) is 0 Å². The maximum Gasteiger partial charge on any atom is 0.0549 e. The molecule has 2 rings (SSSR count). The van der Waals surface area contributed by atoms with E-state index < -0.39 is 0 Å². The highest BCUT2D eigenvalue weighted by atomic mass is 16.5. The van der Waals surface area contributed by atoms with Gasteiger partial charge in [-0.1, -0.05) is 30.3 Å². The Labute approximate surface area is 85.3 Å². The summed E-state index contributed by atoms with van der Waals surface area (Å²) in [5, 5.41) is 3.37. The molecule has 0 saturated carbocycles. The molecule has 2 nitrogen and oxygen atoms in total. The number of rotatable bonds is 2. The predicted molar refractivity (Wildman–Crippen MR) is 57.5 cm³/mol. The normalized spacial score (nSPS) is 27.5. The van der Waals surface area contributed by atoms with Crippen molar-refractivity contribution in [3.05, 3.63) is 35.9 Å². The molecule has 0 aromatic heterocycles. The van der Waals surface area contributed by atoms with Gasteiger partial charge in [-0.25, -0.2) is 0 Å². The van der Waals surface area contributed by atoms with Crippen molar-refractivity contribution in [1.29, 1.82) is 0 Å². The molecule has 76 valence electrons. The molecule has 0 radical (unpaired) electrons. The van der Waals surface area contributed by atoms with Crippen LogP contribution in [0.3, 0.4) is 0 Å². The van der Waals surface area contributed by atoms with E-state index in [1.54, 1.807) is 0 Å². The van der Waals surface area contributed by atoms with Gasteiger partial charge in [0, 0.05) is 18.6 Å². The minimum Gasteiger partial charge on any atom is -0.381 e. The maximum atomic E-state index is 5.53. The monoisotopic (exact) mass is 191 g/mol. The molecule has 0 aliphatic carbocycles. The topological polar surface area (TPSA) is 21.3 Å². The first-order valence-electron chi connectivity index (χ1n) is 5.22. The largest absolute Gasteiger partial charge is 0.381 e. The van der Waals surface area contributed by atoms with E-state index in [0.29, 0.717) is 12.0 Å². The standard InChI is InChI=1S/C12H17NO/c1-13-12-7-8-14-9-11(12)10-5-3-2-4-6-10/h2-6,11-13H,7-9H2,1H3. The maximum absolute atomic E-state index is 5.53. The summed E-state index contributed by atoms with van der Waals surface area (Å²) in [6.07, 6.45) is 1.11. The van der Waals surface area contributed by atoms with Crippen LogP contribution in [0.2, 0.25) is 0 Å². The lowest BCUT2D eigenvalue weighted by Gasteiger charge is -2.31. The molecule has 1 aliphatic rings. The van der Waals surface area contributed by atoms with E-state index in [-0.39, 0.29) is 0 Å². The third-order valence-electron chi connectivity index (χ3n) is 2.95. The zero-order valence-corrected chi connectivity index (χ0v) is 8.57. The van der Waals surface area contributed by atoms with Crippen molar-refractivity contribution in [1.82, 2.24) is 5.32 Å². The molecule has 1 aromatic carbocycles. The van der Waals surface area contributed by atoms with Gasteiger partial charge in [-0.3, -0.25) is 0 Å². The Morgan fingerprint density at radius 1 is 1.29 bits per heavy atom. The quantitative estimate of drug-likeness (QED) is 0.769. The van der Waals surface area contributed by atoms with Gasteiger partial charge in [0.25, 0.3) is 0 Å². The summed E-state index contributed by atoms with van der Waals surface area (Å²) in [7, 11) is 2.03. The van der Waals surface area contributed by atoms with Gasteiger partial charge in [0.2, 0.25) is 0 Å². The summed E-state index contributed by atoms with van der Waals surface area (Å²) in [5.74, 6) is 0.509. The van der Waals surface area contributed by atoms with Crippen LogP contribution < -0.4 is 5.32 Å². The van der Waals surface area contributed by atoms with Crippen molar-refractivity contribution >= 4 is 0 Å². The summed E-state index contributed by atoms with van der Waals surface area (Å²) >= 11 is 0. The van der Waals surface area contributed by atoms with Gasteiger partial charge in [-0.15, -0.1) is 0 Å². The molecular formula is C12H17NO. The number of hydrogen-bond donors (Lipinski definition) is 1. The Bertz CT molecular complexity index is 273. The molecule has 1 saturated heterocycles. The van der Waals surface area contributed by atoms with E-state index in [1.165, 1.54) is 5.56 Å². The molecule has 1 aromatic rings. The van der Waals surface area contributed by atoms with Gasteiger partial charge in [-0.2, -0.15) is 0 Å². The minimum absolute atomic E-state index is 0.509. The van der Waals surface area contributed by atoms with E-state index in [2.05, 4.69) is 35.6 Å². The second-order valence-corrected chi connectivity index (χ2v) is 3.78. The van der Waals surface area contributed by atoms with Crippen molar-refractivity contribution in [2.24, 2.45) is 0 Å². The SMILES string of the molecule is CNC1CCOCC1c1ccccc1. The van der Waals surface area contributed by atoms with Gasteiger partial charge in [0.1, 0.15) is 0 Å². The van der Waals surface area contributed by atoms with Crippen LogP contribution in [0, 0.1) is 0 Å². The van der Waals surface area contributed by atoms with Crippen molar-refractivity contribution in [2.75, 3.05) is 20.3 Å². The van der Waals surface area contributed by atoms with Crippen LogP contribution in [-0.4, -0.2) is 26.3 Å². The first-order chi connectivity index (χ1) is 6.92. The van der Waals surface area contributed by atoms with Gasteiger partial charge < -0.3 is 10.1 Å². The summed E-state index contributed by atoms with van der Waals surface area (Å²) in [6.45, 7) is 1.73. The van der Waals surface area contributed by atoms with Crippen molar-refractivity contribution in [3.63, 3.8) is 0 Å². The zero-order valence-electron chi connectivity index (χ0n) is 8.57. The van der Waals surface area contributed by atoms with E-state index in [1.807, 2.05) is 7.05 Å². The number of likely N-dealkylation sites (N-methyl/N-ethyl adjacent to an activating group) is 1. The highest BCUT2D eigenvalue weighted by Gasteiger charge is 2.25. The summed E-state index contributed by atoms with van der Waals surface area (Å²) in [5.41, 5.74) is 1.38. The van der Waals surface area contributed by atoms with Crippen molar-refractivity contribution in [3.8, 4) is 0 Å². The fourth-order valence-corrected chi connectivity index (χ4v) is 2.11. The third-order valence-corrected chi connectivity index (χ3v) is 2.95. The second-order valence-electron chi connectivity index (χ2n) is 3.78. The summed E-state index contributed by atoms with van der Waals surface area (Å²) in [6, 6.07) is 11.2. The van der Waals surface area contributed by atoms with Gasteiger partial charge in [-0.05, 0) is 19.0 Å². The second kappa shape index (κ2) is 4.58. The average molecular weight is 191 g/mol. The number of nitrogens with one attached hydrogen (secondary N) is 1. The van der Waals surface area contributed by atoms with E-state index in [9.17, 15) is 0 Å².